The summed E-state index contributed by atoms with van der Waals surface area (Å²) < 4.78 is 9.67. The van der Waals surface area contributed by atoms with Gasteiger partial charge in [0, 0.05) is 80.1 Å². The van der Waals surface area contributed by atoms with Crippen LogP contribution in [0.5, 0.6) is 0 Å². The van der Waals surface area contributed by atoms with Gasteiger partial charge < -0.3 is 13.7 Å². The largest absolute Gasteiger partial charge is 0.439 e. The number of nitrogens with zero attached hydrogens (tertiary/aromatic N) is 3. The van der Waals surface area contributed by atoms with Gasteiger partial charge >= 0.3 is 0 Å². The molecule has 0 amide bonds. The normalized spacial score (nSPS) is 11.9. The van der Waals surface area contributed by atoms with Crippen LogP contribution in [0.2, 0.25) is 0 Å². The van der Waals surface area contributed by atoms with Crippen molar-refractivity contribution < 1.29 is 32.7 Å². The molecule has 4 aromatic heterocycles. The van der Waals surface area contributed by atoms with E-state index in [2.05, 4.69) is 190 Å². The summed E-state index contributed by atoms with van der Waals surface area (Å²) in [6.45, 7) is 0. The van der Waals surface area contributed by atoms with Gasteiger partial charge in [0.25, 0.3) is 0 Å². The van der Waals surface area contributed by atoms with E-state index in [1.54, 1.807) is 0 Å². The maximum absolute atomic E-state index is 3.78. The van der Waals surface area contributed by atoms with Crippen LogP contribution in [-0.4, -0.2) is 13.7 Å². The molecule has 0 fully saturated rings. The van der Waals surface area contributed by atoms with Crippen molar-refractivity contribution in [2.45, 2.75) is 0 Å². The van der Waals surface area contributed by atoms with Crippen molar-refractivity contribution in [2.75, 3.05) is 0 Å². The summed E-state index contributed by atoms with van der Waals surface area (Å²) in [5.41, 5.74) is 11.4. The fourth-order valence-electron chi connectivity index (χ4n) is 8.83. The number of para-hydroxylation sites is 4. The third kappa shape index (κ3) is 4.75. The molecule has 0 bridgehead atoms. The third-order valence-electron chi connectivity index (χ3n) is 11.1. The standard InChI is InChI=1S/C50H29N3S.Y/c1-3-14-33(15-4-1)51-31-39(35-18-7-10-21-40(35)51)32-26-27-42-38(30-32)50-45(53(42)43-23-13-25-47-48(43)37-20-9-12-24-46(37)54-47)29-28-44-49(50)36-19-8-11-22-41(36)52(44)34-16-5-2-6-17-34;/h1-14,16-30H;/q-2;. The van der Waals surface area contributed by atoms with Crippen molar-refractivity contribution in [3.63, 3.8) is 0 Å². The van der Waals surface area contributed by atoms with Crippen molar-refractivity contribution in [3.8, 4) is 28.2 Å². The summed E-state index contributed by atoms with van der Waals surface area (Å²) in [5, 5.41) is 8.74. The fourth-order valence-corrected chi connectivity index (χ4v) is 9.95. The van der Waals surface area contributed by atoms with E-state index in [-0.39, 0.29) is 32.7 Å². The van der Waals surface area contributed by atoms with Gasteiger partial charge in [-0.05, 0) is 66.3 Å². The summed E-state index contributed by atoms with van der Waals surface area (Å²) in [7, 11) is 0. The number of hydrogen-bond acceptors (Lipinski definition) is 1. The Kier molecular flexibility index (Phi) is 7.50. The van der Waals surface area contributed by atoms with Gasteiger partial charge in [-0.15, -0.1) is 17.0 Å². The molecule has 3 nitrogen and oxygen atoms in total. The second-order valence-electron chi connectivity index (χ2n) is 13.9. The molecule has 0 aliphatic rings. The Balaban J connectivity index is 0.00000352. The molecule has 0 aliphatic carbocycles. The molecule has 55 heavy (non-hydrogen) atoms. The molecule has 0 aliphatic heterocycles. The van der Waals surface area contributed by atoms with Gasteiger partial charge in [0.05, 0.1) is 27.8 Å². The van der Waals surface area contributed by atoms with Crippen LogP contribution in [0, 0.1) is 12.3 Å². The summed E-state index contributed by atoms with van der Waals surface area (Å²) >= 11 is 1.86. The molecule has 1 radical (unpaired) electrons. The molecule has 0 saturated heterocycles. The Morgan fingerprint density at radius 1 is 0.436 bits per heavy atom. The van der Waals surface area contributed by atoms with Gasteiger partial charge in [0.1, 0.15) is 0 Å². The molecule has 0 atom stereocenters. The molecule has 12 rings (SSSR count). The average Bonchev–Trinajstić information content (AvgIpc) is 3.99. The van der Waals surface area contributed by atoms with E-state index in [0.29, 0.717) is 0 Å². The van der Waals surface area contributed by atoms with Crippen LogP contribution in [-0.2, 0) is 32.7 Å². The Bertz CT molecular complexity index is 3440. The van der Waals surface area contributed by atoms with Crippen LogP contribution < -0.4 is 0 Å². The smallest absolute Gasteiger partial charge is 0.0555 e. The predicted molar refractivity (Wildman–Crippen MR) is 228 cm³/mol. The van der Waals surface area contributed by atoms with E-state index >= 15 is 0 Å². The molecular formula is C50H29N3SY-2. The maximum atomic E-state index is 3.78. The molecule has 12 aromatic rings. The van der Waals surface area contributed by atoms with Crippen molar-refractivity contribution in [2.24, 2.45) is 0 Å². The molecule has 0 saturated carbocycles. The monoisotopic (exact) mass is 792 g/mol. The number of thiophene rings is 1. The van der Waals surface area contributed by atoms with Crippen LogP contribution in [0.3, 0.4) is 0 Å². The van der Waals surface area contributed by atoms with Gasteiger partial charge in [-0.25, -0.2) is 6.07 Å². The SMILES string of the molecule is [Y].[c-]1ccccc1-n1[c-]c(-c2ccc3c(c2)c2c4c5ccccc5n(-c5ccccc5)c4ccc2n3-c2cccc3sc4ccccc4c23)c2ccccc21. The first-order valence-electron chi connectivity index (χ1n) is 18.3. The Hall–Kier alpha value is -5.78. The first-order valence-corrected chi connectivity index (χ1v) is 19.1. The second-order valence-corrected chi connectivity index (χ2v) is 15.0. The summed E-state index contributed by atoms with van der Waals surface area (Å²) in [6, 6.07) is 67.0. The number of fused-ring (bicyclic) bond motifs is 11. The first kappa shape index (κ1) is 32.6. The zero-order valence-corrected chi connectivity index (χ0v) is 33.2. The van der Waals surface area contributed by atoms with E-state index in [9.17, 15) is 0 Å². The Labute approximate surface area is 346 Å². The molecule has 5 heteroatoms. The maximum Gasteiger partial charge on any atom is 0.0555 e. The first-order chi connectivity index (χ1) is 26.8. The van der Waals surface area contributed by atoms with Crippen LogP contribution in [0.15, 0.2) is 176 Å². The zero-order chi connectivity index (χ0) is 35.3. The van der Waals surface area contributed by atoms with Crippen LogP contribution in [0.25, 0.3) is 103 Å². The topological polar surface area (TPSA) is 14.8 Å². The van der Waals surface area contributed by atoms with Crippen molar-refractivity contribution in [1.29, 1.82) is 0 Å². The number of aromatic nitrogens is 3. The van der Waals surface area contributed by atoms with Crippen molar-refractivity contribution >= 4 is 86.0 Å². The van der Waals surface area contributed by atoms with Crippen LogP contribution in [0.1, 0.15) is 0 Å². The van der Waals surface area contributed by atoms with E-state index in [4.69, 9.17) is 0 Å². The van der Waals surface area contributed by atoms with E-state index < -0.39 is 0 Å². The molecule has 255 valence electrons. The molecule has 0 N–H and O–H groups in total. The minimum absolute atomic E-state index is 0. The quantitative estimate of drug-likeness (QED) is 0.158. The van der Waals surface area contributed by atoms with E-state index in [0.717, 1.165) is 33.4 Å². The molecule has 0 unspecified atom stereocenters. The van der Waals surface area contributed by atoms with Crippen LogP contribution in [0.4, 0.5) is 0 Å². The van der Waals surface area contributed by atoms with Gasteiger partial charge in [-0.3, -0.25) is 0 Å². The van der Waals surface area contributed by atoms with Crippen LogP contribution >= 0.6 is 11.3 Å². The molecule has 8 aromatic carbocycles. The number of rotatable bonds is 4. The third-order valence-corrected chi connectivity index (χ3v) is 12.2. The van der Waals surface area contributed by atoms with Gasteiger partial charge in [0.15, 0.2) is 0 Å². The molecule has 0 spiro atoms. The second kappa shape index (κ2) is 12.6. The van der Waals surface area contributed by atoms with Gasteiger partial charge in [-0.2, -0.15) is 24.3 Å². The zero-order valence-electron chi connectivity index (χ0n) is 29.6. The summed E-state index contributed by atoms with van der Waals surface area (Å²) in [5.74, 6) is 0. The number of benzene rings is 8. The summed E-state index contributed by atoms with van der Waals surface area (Å²) in [6.07, 6.45) is 3.78. The summed E-state index contributed by atoms with van der Waals surface area (Å²) in [4.78, 5) is 0. The fraction of sp³-hybridized carbons (Fsp3) is 0. The van der Waals surface area contributed by atoms with Gasteiger partial charge in [-0.1, -0.05) is 114 Å². The Morgan fingerprint density at radius 3 is 1.93 bits per heavy atom. The van der Waals surface area contributed by atoms with Crippen molar-refractivity contribution in [3.05, 3.63) is 188 Å². The molecular weight excluding hydrogens is 764 g/mol. The van der Waals surface area contributed by atoms with Crippen molar-refractivity contribution in [1.82, 2.24) is 13.7 Å². The minimum atomic E-state index is 0. The number of hydrogen-bond donors (Lipinski definition) is 0. The van der Waals surface area contributed by atoms with Gasteiger partial charge in [0.2, 0.25) is 0 Å². The Morgan fingerprint density at radius 2 is 1.09 bits per heavy atom. The average molecular weight is 793 g/mol. The van der Waals surface area contributed by atoms with E-state index in [1.807, 2.05) is 23.5 Å². The molecule has 4 heterocycles. The minimum Gasteiger partial charge on any atom is -0.439 e. The predicted octanol–water partition coefficient (Wildman–Crippen LogP) is 13.5. The van der Waals surface area contributed by atoms with E-state index in [1.165, 1.54) is 69.5 Å².